The van der Waals surface area contributed by atoms with Gasteiger partial charge in [-0.05, 0) is 49.8 Å². The molecule has 3 heteroatoms. The van der Waals surface area contributed by atoms with Crippen LogP contribution >= 0.6 is 19.5 Å². The second-order valence-electron chi connectivity index (χ2n) is 7.47. The number of alkyl halides is 1. The van der Waals surface area contributed by atoms with Gasteiger partial charge in [0.1, 0.15) is 0 Å². The molecule has 0 amide bonds. The normalized spacial score (nSPS) is 28.3. The molecule has 0 aromatic heterocycles. The number of hydrogen-bond donors (Lipinski definition) is 0. The van der Waals surface area contributed by atoms with Crippen LogP contribution in [0.25, 0.3) is 0 Å². The zero-order valence-electron chi connectivity index (χ0n) is 13.4. The largest absolute Gasteiger partial charge is 0.114 e. The predicted molar refractivity (Wildman–Crippen MR) is 92.3 cm³/mol. The third kappa shape index (κ3) is 4.67. The third-order valence-corrected chi connectivity index (χ3v) is 11.0. The molecular formula is C18H32ClPRu. The Kier molecular flexibility index (Phi) is 8.00. The maximum absolute atomic E-state index is 7.34. The van der Waals surface area contributed by atoms with E-state index in [-0.39, 0.29) is 32.0 Å². The van der Waals surface area contributed by atoms with Gasteiger partial charge in [0.05, 0.1) is 4.62 Å². The zero-order valence-corrected chi connectivity index (χ0v) is 16.8. The van der Waals surface area contributed by atoms with Gasteiger partial charge in [-0.3, -0.25) is 0 Å². The quantitative estimate of drug-likeness (QED) is 0.263. The Morgan fingerprint density at radius 3 is 1.43 bits per heavy atom. The molecule has 3 saturated carbocycles. The molecule has 3 rings (SSSR count). The van der Waals surface area contributed by atoms with Gasteiger partial charge in [-0.1, -0.05) is 65.7 Å². The van der Waals surface area contributed by atoms with E-state index in [9.17, 15) is 0 Å². The first-order chi connectivity index (χ1) is 9.80. The molecule has 124 valence electrons. The van der Waals surface area contributed by atoms with Crippen LogP contribution in [0.4, 0.5) is 0 Å². The van der Waals surface area contributed by atoms with Crippen LogP contribution in [-0.2, 0) is 19.5 Å². The molecule has 0 aromatic carbocycles. The van der Waals surface area contributed by atoms with Gasteiger partial charge in [0, 0.05) is 19.5 Å². The molecule has 0 aromatic rings. The van der Waals surface area contributed by atoms with Gasteiger partial charge < -0.3 is 0 Å². The number of hydrogen-bond acceptors (Lipinski definition) is 0. The summed E-state index contributed by atoms with van der Waals surface area (Å²) in [6.07, 6.45) is 21.9. The average molecular weight is 416 g/mol. The fourth-order valence-corrected chi connectivity index (χ4v) is 10.7. The predicted octanol–water partition coefficient (Wildman–Crippen LogP) is 7.03. The van der Waals surface area contributed by atoms with E-state index in [1.54, 1.807) is 0 Å². The molecule has 0 bridgehead atoms. The minimum atomic E-state index is 0. The van der Waals surface area contributed by atoms with Crippen molar-refractivity contribution in [2.45, 2.75) is 112 Å². The van der Waals surface area contributed by atoms with Crippen molar-refractivity contribution in [3.8, 4) is 0 Å². The average Bonchev–Trinajstić information content (AvgIpc) is 2.50. The molecule has 0 aliphatic heterocycles. The van der Waals surface area contributed by atoms with Gasteiger partial charge in [0.25, 0.3) is 0 Å². The van der Waals surface area contributed by atoms with Crippen LogP contribution in [-0.4, -0.2) is 15.9 Å². The van der Waals surface area contributed by atoms with E-state index in [2.05, 4.69) is 0 Å². The Morgan fingerprint density at radius 1 is 0.619 bits per heavy atom. The third-order valence-electron chi connectivity index (χ3n) is 6.02. The molecule has 21 heavy (non-hydrogen) atoms. The molecule has 3 aliphatic rings. The van der Waals surface area contributed by atoms with E-state index < -0.39 is 0 Å². The minimum absolute atomic E-state index is 0. The summed E-state index contributed by atoms with van der Waals surface area (Å²) in [5.74, 6) is 0. The summed E-state index contributed by atoms with van der Waals surface area (Å²) in [5.41, 5.74) is 2.05. The fraction of sp³-hybridized carbons (Fsp3) is 1.00. The van der Waals surface area contributed by atoms with Gasteiger partial charge in [-0.2, -0.15) is 0 Å². The van der Waals surface area contributed by atoms with E-state index in [1.165, 1.54) is 96.3 Å². The van der Waals surface area contributed by atoms with E-state index in [1.807, 2.05) is 0 Å². The second-order valence-corrected chi connectivity index (χ2v) is 11.6. The van der Waals surface area contributed by atoms with E-state index in [4.69, 9.17) is 11.6 Å². The molecule has 0 N–H and O–H groups in total. The van der Waals surface area contributed by atoms with Crippen LogP contribution in [0.15, 0.2) is 0 Å². The number of halogens is 1. The fourth-order valence-electron chi connectivity index (χ4n) is 5.02. The summed E-state index contributed by atoms with van der Waals surface area (Å²) in [4.78, 5) is 0. The summed E-state index contributed by atoms with van der Waals surface area (Å²) in [5, 5.41) is 0. The van der Waals surface area contributed by atoms with Gasteiger partial charge >= 0.3 is 0 Å². The summed E-state index contributed by atoms with van der Waals surface area (Å²) >= 11 is 7.34. The smallest absolute Gasteiger partial charge is 0.0646 e. The van der Waals surface area contributed by atoms with Crippen LogP contribution < -0.4 is 0 Å². The molecule has 3 aliphatic carbocycles. The van der Waals surface area contributed by atoms with Crippen LogP contribution in [0.3, 0.4) is 0 Å². The van der Waals surface area contributed by atoms with Crippen molar-refractivity contribution in [1.29, 1.82) is 0 Å². The first-order valence-corrected chi connectivity index (χ1v) is 11.1. The van der Waals surface area contributed by atoms with Crippen LogP contribution in [0, 0.1) is 0 Å². The minimum Gasteiger partial charge on any atom is -0.114 e. The van der Waals surface area contributed by atoms with E-state index >= 15 is 0 Å². The summed E-state index contributed by atoms with van der Waals surface area (Å²) < 4.78 is 0.248. The number of rotatable bonds is 3. The standard InChI is InChI=1S/C18H32ClP.Ru/c19-18(14-8-3-9-15-18)20(16-10-4-1-5-11-16)17-12-6-2-7-13-17;/h16-17H,1-15H2;. The first kappa shape index (κ1) is 18.7. The molecule has 0 nitrogen and oxygen atoms in total. The molecular weight excluding hydrogens is 384 g/mol. The Morgan fingerprint density at radius 2 is 1.00 bits per heavy atom. The molecule has 3 fully saturated rings. The van der Waals surface area contributed by atoms with Gasteiger partial charge in [0.15, 0.2) is 0 Å². The first-order valence-electron chi connectivity index (χ1n) is 9.27. The molecule has 0 unspecified atom stereocenters. The Bertz CT molecular complexity index is 274. The monoisotopic (exact) mass is 416 g/mol. The van der Waals surface area contributed by atoms with Crippen LogP contribution in [0.5, 0.6) is 0 Å². The summed E-state index contributed by atoms with van der Waals surface area (Å²) in [6, 6.07) is 0. The molecule has 0 heterocycles. The summed E-state index contributed by atoms with van der Waals surface area (Å²) in [7, 11) is 0.0682. The Balaban J connectivity index is 0.00000161. The zero-order chi connectivity index (χ0) is 13.8. The topological polar surface area (TPSA) is 0 Å². The maximum Gasteiger partial charge on any atom is 0.0646 e. The van der Waals surface area contributed by atoms with Crippen molar-refractivity contribution in [1.82, 2.24) is 0 Å². The van der Waals surface area contributed by atoms with Crippen molar-refractivity contribution >= 4 is 19.5 Å². The van der Waals surface area contributed by atoms with Crippen molar-refractivity contribution in [3.63, 3.8) is 0 Å². The molecule has 0 atom stereocenters. The Hall–Kier alpha value is 1.34. The van der Waals surface area contributed by atoms with Crippen molar-refractivity contribution in [3.05, 3.63) is 0 Å². The van der Waals surface area contributed by atoms with Gasteiger partial charge in [0.2, 0.25) is 0 Å². The SMILES string of the molecule is ClC1(P(C2CCCCC2)C2CCCCC2)CCCCC1.[Ru]. The van der Waals surface area contributed by atoms with Crippen LogP contribution in [0.2, 0.25) is 0 Å². The van der Waals surface area contributed by atoms with Crippen molar-refractivity contribution in [2.75, 3.05) is 0 Å². The second kappa shape index (κ2) is 8.99. The summed E-state index contributed by atoms with van der Waals surface area (Å²) in [6.45, 7) is 0. The van der Waals surface area contributed by atoms with Crippen LogP contribution in [0.1, 0.15) is 96.3 Å². The van der Waals surface area contributed by atoms with Crippen molar-refractivity contribution in [2.24, 2.45) is 0 Å². The van der Waals surface area contributed by atoms with E-state index in [0.29, 0.717) is 0 Å². The molecule has 0 radical (unpaired) electrons. The molecule has 0 spiro atoms. The van der Waals surface area contributed by atoms with Gasteiger partial charge in [-0.15, -0.1) is 11.6 Å². The van der Waals surface area contributed by atoms with E-state index in [0.717, 1.165) is 11.3 Å². The van der Waals surface area contributed by atoms with Gasteiger partial charge in [-0.25, -0.2) is 0 Å². The maximum atomic E-state index is 7.34. The Labute approximate surface area is 151 Å². The molecule has 0 saturated heterocycles. The van der Waals surface area contributed by atoms with Crippen molar-refractivity contribution < 1.29 is 19.5 Å².